The van der Waals surface area contributed by atoms with Crippen LogP contribution in [0.25, 0.3) is 0 Å². The molecule has 1 atom stereocenters. The van der Waals surface area contributed by atoms with Crippen molar-refractivity contribution >= 4 is 17.5 Å². The normalized spacial score (nSPS) is 19.9. The van der Waals surface area contributed by atoms with Crippen LogP contribution in [0.15, 0.2) is 18.2 Å². The Morgan fingerprint density at radius 2 is 2.44 bits per heavy atom. The number of ether oxygens (including phenoxy) is 1. The smallest absolute Gasteiger partial charge is 0.272 e. The van der Waals surface area contributed by atoms with Crippen molar-refractivity contribution in [2.45, 2.75) is 12.8 Å². The SMILES string of the molecule is COCC1CCCN(C(=O)c2cccc(Cl)n2)C1. The van der Waals surface area contributed by atoms with E-state index < -0.39 is 0 Å². The van der Waals surface area contributed by atoms with Crippen LogP contribution in [0, 0.1) is 5.92 Å². The van der Waals surface area contributed by atoms with E-state index in [0.717, 1.165) is 25.9 Å². The lowest BCUT2D eigenvalue weighted by Crippen LogP contribution is -2.41. The second-order valence-corrected chi connectivity index (χ2v) is 4.95. The second-order valence-electron chi connectivity index (χ2n) is 4.56. The van der Waals surface area contributed by atoms with Crippen molar-refractivity contribution in [3.05, 3.63) is 29.0 Å². The number of carbonyl (C=O) groups is 1. The van der Waals surface area contributed by atoms with Crippen LogP contribution >= 0.6 is 11.6 Å². The molecular formula is C13H17ClN2O2. The minimum Gasteiger partial charge on any atom is -0.384 e. The van der Waals surface area contributed by atoms with Crippen molar-refractivity contribution < 1.29 is 9.53 Å². The third kappa shape index (κ3) is 3.21. The summed E-state index contributed by atoms with van der Waals surface area (Å²) in [6, 6.07) is 5.12. The van der Waals surface area contributed by atoms with Gasteiger partial charge in [-0.15, -0.1) is 0 Å². The van der Waals surface area contributed by atoms with Gasteiger partial charge >= 0.3 is 0 Å². The Hall–Kier alpha value is -1.13. The van der Waals surface area contributed by atoms with Crippen LogP contribution in [0.1, 0.15) is 23.3 Å². The quantitative estimate of drug-likeness (QED) is 0.790. The molecule has 1 amide bonds. The lowest BCUT2D eigenvalue weighted by atomic mass is 9.98. The molecule has 0 N–H and O–H groups in total. The molecular weight excluding hydrogens is 252 g/mol. The van der Waals surface area contributed by atoms with Gasteiger partial charge in [-0.3, -0.25) is 4.79 Å². The molecule has 0 aliphatic carbocycles. The van der Waals surface area contributed by atoms with Gasteiger partial charge in [0.25, 0.3) is 5.91 Å². The van der Waals surface area contributed by atoms with Crippen LogP contribution in [0.4, 0.5) is 0 Å². The number of methoxy groups -OCH3 is 1. The number of carbonyl (C=O) groups excluding carboxylic acids is 1. The predicted molar refractivity (Wildman–Crippen MR) is 69.8 cm³/mol. The summed E-state index contributed by atoms with van der Waals surface area (Å²) in [5.41, 5.74) is 0.417. The van der Waals surface area contributed by atoms with Crippen molar-refractivity contribution in [1.82, 2.24) is 9.88 Å². The first-order chi connectivity index (χ1) is 8.70. The molecule has 2 heterocycles. The molecule has 1 aromatic heterocycles. The number of halogens is 1. The van der Waals surface area contributed by atoms with Gasteiger partial charge in [-0.2, -0.15) is 0 Å². The molecule has 0 radical (unpaired) electrons. The van der Waals surface area contributed by atoms with E-state index >= 15 is 0 Å². The van der Waals surface area contributed by atoms with Crippen LogP contribution in [0.5, 0.6) is 0 Å². The van der Waals surface area contributed by atoms with Crippen LogP contribution in [0.3, 0.4) is 0 Å². The van der Waals surface area contributed by atoms with Crippen LogP contribution in [0.2, 0.25) is 5.15 Å². The lowest BCUT2D eigenvalue weighted by molar-refractivity contribution is 0.0565. The monoisotopic (exact) mass is 268 g/mol. The number of piperidine rings is 1. The van der Waals surface area contributed by atoms with Gasteiger partial charge in [-0.05, 0) is 30.9 Å². The molecule has 0 aromatic carbocycles. The largest absolute Gasteiger partial charge is 0.384 e. The average molecular weight is 269 g/mol. The van der Waals surface area contributed by atoms with Crippen LogP contribution in [-0.4, -0.2) is 42.6 Å². The minimum atomic E-state index is -0.0432. The Bertz CT molecular complexity index is 423. The van der Waals surface area contributed by atoms with Crippen molar-refractivity contribution in [1.29, 1.82) is 0 Å². The summed E-state index contributed by atoms with van der Waals surface area (Å²) in [6.07, 6.45) is 2.13. The first-order valence-electron chi connectivity index (χ1n) is 6.11. The van der Waals surface area contributed by atoms with E-state index in [2.05, 4.69) is 4.98 Å². The Morgan fingerprint density at radius 3 is 3.17 bits per heavy atom. The maximum atomic E-state index is 12.3. The minimum absolute atomic E-state index is 0.0432. The van der Waals surface area contributed by atoms with E-state index in [1.165, 1.54) is 0 Å². The van der Waals surface area contributed by atoms with Gasteiger partial charge in [0.2, 0.25) is 0 Å². The number of likely N-dealkylation sites (tertiary alicyclic amines) is 1. The van der Waals surface area contributed by atoms with E-state index in [1.807, 2.05) is 4.90 Å². The number of amides is 1. The zero-order valence-corrected chi connectivity index (χ0v) is 11.2. The molecule has 1 aromatic rings. The standard InChI is InChI=1S/C13H17ClN2O2/c1-18-9-10-4-3-7-16(8-10)13(17)11-5-2-6-12(14)15-11/h2,5-6,10H,3-4,7-9H2,1H3. The van der Waals surface area contributed by atoms with E-state index in [1.54, 1.807) is 25.3 Å². The average Bonchev–Trinajstić information content (AvgIpc) is 2.39. The molecule has 5 heteroatoms. The Labute approximate surface area is 112 Å². The summed E-state index contributed by atoms with van der Waals surface area (Å²) in [5.74, 6) is 0.380. The highest BCUT2D eigenvalue weighted by atomic mass is 35.5. The van der Waals surface area contributed by atoms with Gasteiger partial charge in [0, 0.05) is 20.2 Å². The van der Waals surface area contributed by atoms with E-state index in [9.17, 15) is 4.79 Å². The van der Waals surface area contributed by atoms with Crippen LogP contribution < -0.4 is 0 Å². The van der Waals surface area contributed by atoms with Crippen LogP contribution in [-0.2, 0) is 4.74 Å². The molecule has 1 aliphatic rings. The number of hydrogen-bond acceptors (Lipinski definition) is 3. The Morgan fingerprint density at radius 1 is 1.61 bits per heavy atom. The molecule has 0 spiro atoms. The van der Waals surface area contributed by atoms with Gasteiger partial charge in [-0.25, -0.2) is 4.98 Å². The van der Waals surface area contributed by atoms with Gasteiger partial charge in [-0.1, -0.05) is 17.7 Å². The summed E-state index contributed by atoms with van der Waals surface area (Å²) in [4.78, 5) is 18.2. The van der Waals surface area contributed by atoms with E-state index in [0.29, 0.717) is 23.4 Å². The number of hydrogen-bond donors (Lipinski definition) is 0. The lowest BCUT2D eigenvalue weighted by Gasteiger charge is -2.32. The molecule has 1 fully saturated rings. The van der Waals surface area contributed by atoms with Crippen molar-refractivity contribution in [2.75, 3.05) is 26.8 Å². The van der Waals surface area contributed by atoms with Crippen molar-refractivity contribution in [2.24, 2.45) is 5.92 Å². The topological polar surface area (TPSA) is 42.4 Å². The Balaban J connectivity index is 2.04. The zero-order valence-electron chi connectivity index (χ0n) is 10.4. The highest BCUT2D eigenvalue weighted by Gasteiger charge is 2.25. The van der Waals surface area contributed by atoms with E-state index in [4.69, 9.17) is 16.3 Å². The highest BCUT2D eigenvalue weighted by molar-refractivity contribution is 6.29. The van der Waals surface area contributed by atoms with Gasteiger partial charge in [0.05, 0.1) is 6.61 Å². The first kappa shape index (κ1) is 13.3. The van der Waals surface area contributed by atoms with Gasteiger partial charge in [0.15, 0.2) is 0 Å². The molecule has 4 nitrogen and oxygen atoms in total. The van der Waals surface area contributed by atoms with Gasteiger partial charge < -0.3 is 9.64 Å². The molecule has 18 heavy (non-hydrogen) atoms. The predicted octanol–water partition coefficient (Wildman–Crippen LogP) is 2.23. The number of pyridine rings is 1. The third-order valence-electron chi connectivity index (χ3n) is 3.14. The molecule has 1 saturated heterocycles. The highest BCUT2D eigenvalue weighted by Crippen LogP contribution is 2.18. The van der Waals surface area contributed by atoms with Crippen molar-refractivity contribution in [3.8, 4) is 0 Å². The van der Waals surface area contributed by atoms with Crippen molar-refractivity contribution in [3.63, 3.8) is 0 Å². The molecule has 98 valence electrons. The fourth-order valence-electron chi connectivity index (χ4n) is 2.31. The number of rotatable bonds is 3. The summed E-state index contributed by atoms with van der Waals surface area (Å²) in [7, 11) is 1.69. The zero-order chi connectivity index (χ0) is 13.0. The third-order valence-corrected chi connectivity index (χ3v) is 3.35. The molecule has 1 aliphatic heterocycles. The fraction of sp³-hybridized carbons (Fsp3) is 0.538. The summed E-state index contributed by atoms with van der Waals surface area (Å²) < 4.78 is 5.16. The Kier molecular flexibility index (Phi) is 4.55. The second kappa shape index (κ2) is 6.16. The summed E-state index contributed by atoms with van der Waals surface area (Å²) >= 11 is 5.80. The molecule has 2 rings (SSSR count). The summed E-state index contributed by atoms with van der Waals surface area (Å²) in [5, 5.41) is 0.353. The van der Waals surface area contributed by atoms with Gasteiger partial charge in [0.1, 0.15) is 10.8 Å². The molecule has 0 bridgehead atoms. The number of aromatic nitrogens is 1. The maximum absolute atomic E-state index is 12.3. The number of nitrogens with zero attached hydrogens (tertiary/aromatic N) is 2. The molecule has 1 unspecified atom stereocenters. The van der Waals surface area contributed by atoms with E-state index in [-0.39, 0.29) is 5.91 Å². The first-order valence-corrected chi connectivity index (χ1v) is 6.49. The fourth-order valence-corrected chi connectivity index (χ4v) is 2.47. The maximum Gasteiger partial charge on any atom is 0.272 e. The summed E-state index contributed by atoms with van der Waals surface area (Å²) in [6.45, 7) is 2.22. The molecule has 0 saturated carbocycles.